The molecule has 0 aliphatic carbocycles. The molecule has 1 aliphatic rings. The van der Waals surface area contributed by atoms with Crippen molar-refractivity contribution < 1.29 is 17.9 Å². The predicted octanol–water partition coefficient (Wildman–Crippen LogP) is 3.34. The Morgan fingerprint density at radius 1 is 0.943 bits per heavy atom. The summed E-state index contributed by atoms with van der Waals surface area (Å²) in [5, 5.41) is 2.87. The molecule has 1 aliphatic heterocycles. The summed E-state index contributed by atoms with van der Waals surface area (Å²) in [6.07, 6.45) is 0. The second kappa shape index (κ2) is 11.5. The summed E-state index contributed by atoms with van der Waals surface area (Å²) in [6.45, 7) is 6.17. The van der Waals surface area contributed by atoms with E-state index in [1.165, 1.54) is 17.7 Å². The Hall–Kier alpha value is -3.20. The molecule has 0 atom stereocenters. The molecule has 0 aromatic heterocycles. The van der Waals surface area contributed by atoms with Gasteiger partial charge in [-0.05, 0) is 47.9 Å². The van der Waals surface area contributed by atoms with Gasteiger partial charge in [-0.25, -0.2) is 8.42 Å². The molecule has 3 aromatic rings. The molecule has 1 fully saturated rings. The highest BCUT2D eigenvalue weighted by molar-refractivity contribution is 7.92. The van der Waals surface area contributed by atoms with Crippen molar-refractivity contribution in [1.82, 2.24) is 10.2 Å². The zero-order valence-electron chi connectivity index (χ0n) is 19.9. The molecule has 8 heteroatoms. The largest absolute Gasteiger partial charge is 0.379 e. The molecule has 0 spiro atoms. The Balaban J connectivity index is 1.42. The summed E-state index contributed by atoms with van der Waals surface area (Å²) in [4.78, 5) is 15.4. The van der Waals surface area contributed by atoms with Gasteiger partial charge in [-0.1, -0.05) is 54.6 Å². The van der Waals surface area contributed by atoms with Gasteiger partial charge in [-0.15, -0.1) is 0 Å². The van der Waals surface area contributed by atoms with Crippen LogP contribution in [0, 0.1) is 6.92 Å². The smallest absolute Gasteiger partial charge is 0.264 e. The summed E-state index contributed by atoms with van der Waals surface area (Å²) in [5.41, 5.74) is 3.53. The summed E-state index contributed by atoms with van der Waals surface area (Å²) in [7, 11) is -3.91. The highest BCUT2D eigenvalue weighted by atomic mass is 32.2. The summed E-state index contributed by atoms with van der Waals surface area (Å²) >= 11 is 0. The Morgan fingerprint density at radius 2 is 1.63 bits per heavy atom. The fourth-order valence-electron chi connectivity index (χ4n) is 3.98. The third kappa shape index (κ3) is 6.69. The number of carbonyl (C=O) groups excluding carboxylic acids is 1. The second-order valence-electron chi connectivity index (χ2n) is 8.65. The molecule has 0 radical (unpaired) electrons. The van der Waals surface area contributed by atoms with Crippen LogP contribution in [0.1, 0.15) is 16.7 Å². The van der Waals surface area contributed by atoms with E-state index in [0.29, 0.717) is 12.2 Å². The molecule has 7 nitrogen and oxygen atoms in total. The number of morpholine rings is 1. The van der Waals surface area contributed by atoms with Crippen molar-refractivity contribution in [2.45, 2.75) is 24.9 Å². The van der Waals surface area contributed by atoms with Crippen molar-refractivity contribution in [3.8, 4) is 0 Å². The van der Waals surface area contributed by atoms with Crippen LogP contribution in [0.15, 0.2) is 83.8 Å². The number of anilines is 1. The number of nitrogens with one attached hydrogen (secondary N) is 1. The van der Waals surface area contributed by atoms with E-state index in [4.69, 9.17) is 4.74 Å². The number of benzene rings is 3. The number of amides is 1. The standard InChI is InChI=1S/C27H31N3O4S/c1-22-6-5-7-25(18-22)30(35(32,33)26-8-3-2-4-9-26)21-27(31)28-19-23-10-12-24(13-11-23)20-29-14-16-34-17-15-29/h2-13,18H,14-17,19-21H2,1H3,(H,28,31). The monoisotopic (exact) mass is 493 g/mol. The zero-order chi connectivity index (χ0) is 24.7. The topological polar surface area (TPSA) is 79.0 Å². The molecule has 35 heavy (non-hydrogen) atoms. The van der Waals surface area contributed by atoms with Crippen LogP contribution in [0.5, 0.6) is 0 Å². The maximum Gasteiger partial charge on any atom is 0.264 e. The van der Waals surface area contributed by atoms with Crippen molar-refractivity contribution in [2.24, 2.45) is 0 Å². The van der Waals surface area contributed by atoms with Crippen LogP contribution in [0.25, 0.3) is 0 Å². The molecule has 3 aromatic carbocycles. The second-order valence-corrected chi connectivity index (χ2v) is 10.5. The van der Waals surface area contributed by atoms with Crippen molar-refractivity contribution in [1.29, 1.82) is 0 Å². The van der Waals surface area contributed by atoms with E-state index in [0.717, 1.165) is 48.3 Å². The molecule has 1 heterocycles. The lowest BCUT2D eigenvalue weighted by Gasteiger charge is -2.26. The molecule has 1 N–H and O–H groups in total. The average Bonchev–Trinajstić information content (AvgIpc) is 2.88. The molecule has 0 bridgehead atoms. The lowest BCUT2D eigenvalue weighted by molar-refractivity contribution is -0.119. The van der Waals surface area contributed by atoms with Crippen LogP contribution in [-0.4, -0.2) is 52.1 Å². The minimum absolute atomic E-state index is 0.144. The van der Waals surface area contributed by atoms with Crippen LogP contribution >= 0.6 is 0 Å². The maximum absolute atomic E-state index is 13.4. The molecule has 1 saturated heterocycles. The van der Waals surface area contributed by atoms with Gasteiger partial charge in [-0.3, -0.25) is 14.0 Å². The van der Waals surface area contributed by atoms with Crippen molar-refractivity contribution in [3.63, 3.8) is 0 Å². The summed E-state index contributed by atoms with van der Waals surface area (Å²) < 4.78 is 33.3. The lowest BCUT2D eigenvalue weighted by Crippen LogP contribution is -2.40. The summed E-state index contributed by atoms with van der Waals surface area (Å²) in [6, 6.07) is 23.4. The first kappa shape index (κ1) is 24.9. The van der Waals surface area contributed by atoms with Crippen LogP contribution in [0.3, 0.4) is 0 Å². The van der Waals surface area contributed by atoms with Crippen LogP contribution < -0.4 is 9.62 Å². The van der Waals surface area contributed by atoms with E-state index in [9.17, 15) is 13.2 Å². The number of hydrogen-bond donors (Lipinski definition) is 1. The van der Waals surface area contributed by atoms with Gasteiger partial charge in [0, 0.05) is 26.2 Å². The Bertz CT molecular complexity index is 1220. The van der Waals surface area contributed by atoms with E-state index in [2.05, 4.69) is 22.3 Å². The first-order chi connectivity index (χ1) is 16.9. The van der Waals surface area contributed by atoms with E-state index >= 15 is 0 Å². The molecular weight excluding hydrogens is 462 g/mol. The van der Waals surface area contributed by atoms with Crippen LogP contribution in [0.4, 0.5) is 5.69 Å². The number of hydrogen-bond acceptors (Lipinski definition) is 5. The summed E-state index contributed by atoms with van der Waals surface area (Å²) in [5.74, 6) is -0.372. The fraction of sp³-hybridized carbons (Fsp3) is 0.296. The van der Waals surface area contributed by atoms with E-state index in [-0.39, 0.29) is 17.3 Å². The Labute approximate surface area is 207 Å². The van der Waals surface area contributed by atoms with Crippen LogP contribution in [0.2, 0.25) is 0 Å². The molecular formula is C27H31N3O4S. The number of sulfonamides is 1. The third-order valence-corrected chi connectivity index (χ3v) is 7.72. The molecule has 0 unspecified atom stereocenters. The van der Waals surface area contributed by atoms with E-state index < -0.39 is 10.0 Å². The van der Waals surface area contributed by atoms with Gasteiger partial charge in [0.15, 0.2) is 0 Å². The SMILES string of the molecule is Cc1cccc(N(CC(=O)NCc2ccc(CN3CCOCC3)cc2)S(=O)(=O)c2ccccc2)c1. The van der Waals surface area contributed by atoms with Gasteiger partial charge >= 0.3 is 0 Å². The van der Waals surface area contributed by atoms with Crippen molar-refractivity contribution in [2.75, 3.05) is 37.2 Å². The van der Waals surface area contributed by atoms with E-state index in [1.807, 2.05) is 25.1 Å². The first-order valence-electron chi connectivity index (χ1n) is 11.7. The quantitative estimate of drug-likeness (QED) is 0.495. The third-order valence-electron chi connectivity index (χ3n) is 5.93. The lowest BCUT2D eigenvalue weighted by atomic mass is 10.1. The number of aryl methyl sites for hydroxylation is 1. The zero-order valence-corrected chi connectivity index (χ0v) is 20.7. The number of ether oxygens (including phenoxy) is 1. The average molecular weight is 494 g/mol. The normalized spacial score (nSPS) is 14.4. The highest BCUT2D eigenvalue weighted by Gasteiger charge is 2.27. The number of rotatable bonds is 9. The maximum atomic E-state index is 13.4. The minimum atomic E-state index is -3.91. The fourth-order valence-corrected chi connectivity index (χ4v) is 5.42. The van der Waals surface area contributed by atoms with Crippen LogP contribution in [-0.2, 0) is 32.6 Å². The first-order valence-corrected chi connectivity index (χ1v) is 13.1. The van der Waals surface area contributed by atoms with Gasteiger partial charge in [0.05, 0.1) is 23.8 Å². The predicted molar refractivity (Wildman–Crippen MR) is 137 cm³/mol. The Morgan fingerprint density at radius 3 is 2.31 bits per heavy atom. The van der Waals surface area contributed by atoms with Gasteiger partial charge in [-0.2, -0.15) is 0 Å². The molecule has 1 amide bonds. The van der Waals surface area contributed by atoms with Gasteiger partial charge in [0.25, 0.3) is 10.0 Å². The van der Waals surface area contributed by atoms with E-state index in [1.54, 1.807) is 36.4 Å². The highest BCUT2D eigenvalue weighted by Crippen LogP contribution is 2.24. The van der Waals surface area contributed by atoms with Gasteiger partial charge in [0.1, 0.15) is 6.54 Å². The number of nitrogens with zero attached hydrogens (tertiary/aromatic N) is 2. The van der Waals surface area contributed by atoms with Crippen molar-refractivity contribution >= 4 is 21.6 Å². The minimum Gasteiger partial charge on any atom is -0.379 e. The van der Waals surface area contributed by atoms with Gasteiger partial charge in [0.2, 0.25) is 5.91 Å². The molecule has 0 saturated carbocycles. The molecule has 4 rings (SSSR count). The molecule has 184 valence electrons. The van der Waals surface area contributed by atoms with Gasteiger partial charge < -0.3 is 10.1 Å². The number of carbonyl (C=O) groups is 1. The van der Waals surface area contributed by atoms with Crippen molar-refractivity contribution in [3.05, 3.63) is 95.6 Å². The Kier molecular flexibility index (Phi) is 8.17.